The Morgan fingerprint density at radius 1 is 1.22 bits per heavy atom. The van der Waals surface area contributed by atoms with Gasteiger partial charge in [-0.15, -0.1) is 0 Å². The summed E-state index contributed by atoms with van der Waals surface area (Å²) >= 11 is 0. The fourth-order valence-corrected chi connectivity index (χ4v) is 6.68. The second-order valence-corrected chi connectivity index (χ2v) is 8.45. The Labute approximate surface area is 137 Å². The largest absolute Gasteiger partial charge is 0.344 e. The maximum atomic E-state index is 13.3. The molecule has 0 aromatic carbocycles. The van der Waals surface area contributed by atoms with Crippen LogP contribution in [0.4, 0.5) is 0 Å². The lowest BCUT2D eigenvalue weighted by atomic mass is 9.76. The standard InChI is InChI=1S/C19H27NO3/c1-2-3-9-19-15-13-10-12(16(21)17(13)23-19)14(15)18(22)20(19)11-7-5-4-6-8-11/h11-15,17H,2-10H2,1H3. The van der Waals surface area contributed by atoms with Crippen LogP contribution >= 0.6 is 0 Å². The van der Waals surface area contributed by atoms with E-state index in [0.717, 1.165) is 38.5 Å². The van der Waals surface area contributed by atoms with E-state index >= 15 is 0 Å². The number of Topliss-reactive ketones (excluding diaryl/α,β-unsaturated/α-hetero) is 1. The van der Waals surface area contributed by atoms with E-state index in [2.05, 4.69) is 11.8 Å². The molecule has 1 amide bonds. The summed E-state index contributed by atoms with van der Waals surface area (Å²) in [6, 6.07) is 0.354. The Morgan fingerprint density at radius 2 is 2.00 bits per heavy atom. The first-order valence-corrected chi connectivity index (χ1v) is 9.74. The number of hydrogen-bond acceptors (Lipinski definition) is 3. The molecule has 0 spiro atoms. The minimum Gasteiger partial charge on any atom is -0.344 e. The molecule has 0 aromatic heterocycles. The number of carbonyl (C=O) groups is 2. The zero-order valence-electron chi connectivity index (χ0n) is 14.0. The molecule has 2 heterocycles. The monoisotopic (exact) mass is 317 g/mol. The fourth-order valence-electron chi connectivity index (χ4n) is 6.68. The summed E-state index contributed by atoms with van der Waals surface area (Å²) in [5.74, 6) is 1.05. The molecule has 23 heavy (non-hydrogen) atoms. The zero-order valence-corrected chi connectivity index (χ0v) is 14.0. The lowest BCUT2D eigenvalue weighted by Crippen LogP contribution is -2.55. The summed E-state index contributed by atoms with van der Waals surface area (Å²) < 4.78 is 6.52. The van der Waals surface area contributed by atoms with Crippen molar-refractivity contribution in [2.45, 2.75) is 82.6 Å². The number of ether oxygens (including phenoxy) is 1. The minimum atomic E-state index is -0.435. The zero-order chi connectivity index (χ0) is 15.8. The molecule has 3 saturated carbocycles. The summed E-state index contributed by atoms with van der Waals surface area (Å²) in [5.41, 5.74) is -0.435. The van der Waals surface area contributed by atoms with Crippen molar-refractivity contribution < 1.29 is 14.3 Å². The molecule has 2 saturated heterocycles. The third kappa shape index (κ3) is 1.61. The van der Waals surface area contributed by atoms with E-state index in [9.17, 15) is 9.59 Å². The van der Waals surface area contributed by atoms with E-state index in [1.165, 1.54) is 19.3 Å². The van der Waals surface area contributed by atoms with Gasteiger partial charge in [-0.3, -0.25) is 9.59 Å². The first kappa shape index (κ1) is 14.4. The molecule has 4 heteroatoms. The van der Waals surface area contributed by atoms with Crippen LogP contribution in [0.5, 0.6) is 0 Å². The Kier molecular flexibility index (Phi) is 3.02. The normalized spacial score (nSPS) is 48.0. The minimum absolute atomic E-state index is 0.0282. The first-order chi connectivity index (χ1) is 11.2. The van der Waals surface area contributed by atoms with E-state index in [1.807, 2.05) is 0 Å². The summed E-state index contributed by atoms with van der Waals surface area (Å²) in [5, 5.41) is 0. The van der Waals surface area contributed by atoms with E-state index in [0.29, 0.717) is 17.9 Å². The van der Waals surface area contributed by atoms with Gasteiger partial charge >= 0.3 is 0 Å². The molecule has 4 nitrogen and oxygen atoms in total. The van der Waals surface area contributed by atoms with Gasteiger partial charge in [-0.05, 0) is 32.1 Å². The van der Waals surface area contributed by atoms with Crippen molar-refractivity contribution in [2.24, 2.45) is 23.7 Å². The van der Waals surface area contributed by atoms with Gasteiger partial charge in [-0.2, -0.15) is 0 Å². The molecule has 6 unspecified atom stereocenters. The van der Waals surface area contributed by atoms with Crippen molar-refractivity contribution in [2.75, 3.05) is 0 Å². The van der Waals surface area contributed by atoms with Crippen LogP contribution in [0, 0.1) is 23.7 Å². The number of likely N-dealkylation sites (tertiary alicyclic amines) is 1. The lowest BCUT2D eigenvalue weighted by Gasteiger charge is -2.44. The Balaban J connectivity index is 1.57. The third-order valence-electron chi connectivity index (χ3n) is 7.45. The molecule has 0 N–H and O–H groups in total. The first-order valence-electron chi connectivity index (χ1n) is 9.74. The van der Waals surface area contributed by atoms with Gasteiger partial charge in [0.25, 0.3) is 0 Å². The summed E-state index contributed by atoms with van der Waals surface area (Å²) in [6.07, 6.45) is 9.83. The van der Waals surface area contributed by atoms with Crippen molar-refractivity contribution in [3.63, 3.8) is 0 Å². The van der Waals surface area contributed by atoms with Crippen LogP contribution in [0.25, 0.3) is 0 Å². The van der Waals surface area contributed by atoms with Gasteiger partial charge in [-0.25, -0.2) is 0 Å². The van der Waals surface area contributed by atoms with Crippen molar-refractivity contribution in [1.29, 1.82) is 0 Å². The lowest BCUT2D eigenvalue weighted by molar-refractivity contribution is -0.182. The van der Waals surface area contributed by atoms with E-state index in [1.54, 1.807) is 0 Å². The average molecular weight is 317 g/mol. The van der Waals surface area contributed by atoms with E-state index in [-0.39, 0.29) is 29.6 Å². The van der Waals surface area contributed by atoms with Crippen LogP contribution in [0.15, 0.2) is 0 Å². The molecular weight excluding hydrogens is 290 g/mol. The van der Waals surface area contributed by atoms with Gasteiger partial charge in [0.15, 0.2) is 5.78 Å². The van der Waals surface area contributed by atoms with Crippen LogP contribution in [-0.4, -0.2) is 34.5 Å². The molecule has 2 bridgehead atoms. The fraction of sp³-hybridized carbons (Fsp3) is 0.895. The van der Waals surface area contributed by atoms with Gasteiger partial charge in [0.2, 0.25) is 5.91 Å². The van der Waals surface area contributed by atoms with Crippen molar-refractivity contribution in [1.82, 2.24) is 4.90 Å². The highest BCUT2D eigenvalue weighted by atomic mass is 16.5. The second-order valence-electron chi connectivity index (χ2n) is 8.45. The molecule has 5 rings (SSSR count). The number of unbranched alkanes of at least 4 members (excludes halogenated alkanes) is 1. The van der Waals surface area contributed by atoms with Gasteiger partial charge in [0, 0.05) is 23.8 Å². The van der Waals surface area contributed by atoms with Gasteiger partial charge in [0.1, 0.15) is 11.8 Å². The summed E-state index contributed by atoms with van der Waals surface area (Å²) in [6.45, 7) is 2.20. The van der Waals surface area contributed by atoms with Crippen molar-refractivity contribution in [3.8, 4) is 0 Å². The number of amides is 1. The van der Waals surface area contributed by atoms with Crippen LogP contribution in [0.2, 0.25) is 0 Å². The number of rotatable bonds is 4. The van der Waals surface area contributed by atoms with Crippen molar-refractivity contribution >= 4 is 11.7 Å². The number of hydrogen-bond donors (Lipinski definition) is 0. The third-order valence-corrected chi connectivity index (χ3v) is 7.45. The predicted molar refractivity (Wildman–Crippen MR) is 84.4 cm³/mol. The maximum absolute atomic E-state index is 13.3. The number of fused-ring (bicyclic) bond motifs is 2. The Morgan fingerprint density at radius 3 is 2.74 bits per heavy atom. The molecule has 126 valence electrons. The van der Waals surface area contributed by atoms with E-state index < -0.39 is 5.72 Å². The van der Waals surface area contributed by atoms with Gasteiger partial charge < -0.3 is 9.64 Å². The SMILES string of the molecule is CCCCC12OC3C(=O)C4CC3C1C4C(=O)N2C1CCCCC1. The van der Waals surface area contributed by atoms with Crippen LogP contribution in [-0.2, 0) is 14.3 Å². The average Bonchev–Trinajstić information content (AvgIpc) is 3.22. The van der Waals surface area contributed by atoms with Crippen LogP contribution in [0.3, 0.4) is 0 Å². The molecule has 5 aliphatic rings. The molecule has 2 aliphatic heterocycles. The molecule has 0 radical (unpaired) electrons. The molecule has 3 aliphatic carbocycles. The highest BCUT2D eigenvalue weighted by molar-refractivity contribution is 5.98. The molecular formula is C19H27NO3. The Bertz CT molecular complexity index is 555. The topological polar surface area (TPSA) is 46.6 Å². The van der Waals surface area contributed by atoms with Crippen molar-refractivity contribution in [3.05, 3.63) is 0 Å². The highest BCUT2D eigenvalue weighted by Crippen LogP contribution is 2.68. The smallest absolute Gasteiger partial charge is 0.229 e. The molecule has 5 fully saturated rings. The molecule has 0 aromatic rings. The van der Waals surface area contributed by atoms with Gasteiger partial charge in [-0.1, -0.05) is 32.6 Å². The van der Waals surface area contributed by atoms with Crippen LogP contribution in [0.1, 0.15) is 64.7 Å². The maximum Gasteiger partial charge on any atom is 0.229 e. The van der Waals surface area contributed by atoms with Gasteiger partial charge in [0.05, 0.1) is 5.92 Å². The number of carbonyl (C=O) groups excluding carboxylic acids is 2. The van der Waals surface area contributed by atoms with Crippen LogP contribution < -0.4 is 0 Å². The number of nitrogens with zero attached hydrogens (tertiary/aromatic N) is 1. The molecule has 6 atom stereocenters. The Hall–Kier alpha value is -0.900. The summed E-state index contributed by atoms with van der Waals surface area (Å²) in [4.78, 5) is 28.1. The number of ketones is 1. The second kappa shape index (κ2) is 4.81. The van der Waals surface area contributed by atoms with E-state index in [4.69, 9.17) is 4.74 Å². The quantitative estimate of drug-likeness (QED) is 0.801. The predicted octanol–water partition coefficient (Wildman–Crippen LogP) is 2.90. The summed E-state index contributed by atoms with van der Waals surface area (Å²) in [7, 11) is 0. The highest BCUT2D eigenvalue weighted by Gasteiger charge is 2.78.